The van der Waals surface area contributed by atoms with Crippen molar-refractivity contribution in [2.45, 2.75) is 18.9 Å². The number of amides is 3. The average Bonchev–Trinajstić information content (AvgIpc) is 3.13. The molecule has 0 atom stereocenters. The number of anilines is 2. The Morgan fingerprint density at radius 1 is 1.14 bits per heavy atom. The Kier molecular flexibility index (Phi) is 3.50. The highest BCUT2D eigenvalue weighted by molar-refractivity contribution is 6.03. The maximum Gasteiger partial charge on any atom is 0.319 e. The fourth-order valence-corrected chi connectivity index (χ4v) is 1.73. The molecule has 1 aromatic carbocycles. The van der Waals surface area contributed by atoms with Crippen molar-refractivity contribution in [1.29, 1.82) is 0 Å². The van der Waals surface area contributed by atoms with Gasteiger partial charge in [-0.05, 0) is 37.1 Å². The predicted molar refractivity (Wildman–Crippen MR) is 76.0 cm³/mol. The molecule has 0 radical (unpaired) electrons. The summed E-state index contributed by atoms with van der Waals surface area (Å²) < 4.78 is 0. The van der Waals surface area contributed by atoms with E-state index < -0.39 is 0 Å². The lowest BCUT2D eigenvalue weighted by atomic mass is 10.2. The molecule has 3 rings (SSSR count). The molecule has 1 fully saturated rings. The van der Waals surface area contributed by atoms with Crippen LogP contribution in [0.5, 0.6) is 0 Å². The molecule has 4 N–H and O–H groups in total. The van der Waals surface area contributed by atoms with E-state index in [1.54, 1.807) is 24.3 Å². The number of carbonyl (C=O) groups excluding carboxylic acids is 2. The normalized spacial score (nSPS) is 13.5. The SMILES string of the molecule is O=C(Nc1ccc(C(=O)Nc2ncn[nH]2)cc1)NC1CC1. The summed E-state index contributed by atoms with van der Waals surface area (Å²) in [6.45, 7) is 0. The van der Waals surface area contributed by atoms with Crippen LogP contribution >= 0.6 is 0 Å². The van der Waals surface area contributed by atoms with Crippen LogP contribution in [-0.4, -0.2) is 33.2 Å². The number of nitrogens with zero attached hydrogens (tertiary/aromatic N) is 2. The number of nitrogens with one attached hydrogen (secondary N) is 4. The predicted octanol–water partition coefficient (Wildman–Crippen LogP) is 1.34. The van der Waals surface area contributed by atoms with Crippen LogP contribution in [0.2, 0.25) is 0 Å². The zero-order valence-corrected chi connectivity index (χ0v) is 11.1. The maximum atomic E-state index is 11.9. The molecule has 0 unspecified atom stereocenters. The molecule has 2 aromatic rings. The summed E-state index contributed by atoms with van der Waals surface area (Å²) in [7, 11) is 0. The molecule has 21 heavy (non-hydrogen) atoms. The van der Waals surface area contributed by atoms with Crippen LogP contribution in [0.15, 0.2) is 30.6 Å². The summed E-state index contributed by atoms with van der Waals surface area (Å²) in [5.41, 5.74) is 1.09. The molecule has 1 aromatic heterocycles. The van der Waals surface area contributed by atoms with E-state index in [-0.39, 0.29) is 17.9 Å². The zero-order valence-electron chi connectivity index (χ0n) is 11.1. The summed E-state index contributed by atoms with van der Waals surface area (Å²) in [5, 5.41) is 14.3. The molecule has 1 aliphatic carbocycles. The number of H-pyrrole nitrogens is 1. The first-order valence-corrected chi connectivity index (χ1v) is 6.55. The van der Waals surface area contributed by atoms with Crippen molar-refractivity contribution in [1.82, 2.24) is 20.5 Å². The first-order chi connectivity index (χ1) is 10.2. The van der Waals surface area contributed by atoms with Crippen molar-refractivity contribution in [3.05, 3.63) is 36.2 Å². The quantitative estimate of drug-likeness (QED) is 0.679. The summed E-state index contributed by atoms with van der Waals surface area (Å²) >= 11 is 0. The second-order valence-electron chi connectivity index (χ2n) is 4.74. The van der Waals surface area contributed by atoms with Crippen LogP contribution in [0.25, 0.3) is 0 Å². The minimum absolute atomic E-state index is 0.226. The topological polar surface area (TPSA) is 112 Å². The Bertz CT molecular complexity index is 633. The molecule has 8 nitrogen and oxygen atoms in total. The van der Waals surface area contributed by atoms with Crippen LogP contribution in [0.4, 0.5) is 16.4 Å². The second-order valence-corrected chi connectivity index (χ2v) is 4.74. The molecule has 0 bridgehead atoms. The molecule has 1 saturated carbocycles. The smallest absolute Gasteiger partial charge is 0.319 e. The fraction of sp³-hybridized carbons (Fsp3) is 0.231. The highest BCUT2D eigenvalue weighted by atomic mass is 16.2. The first-order valence-electron chi connectivity index (χ1n) is 6.55. The van der Waals surface area contributed by atoms with Crippen LogP contribution in [0.1, 0.15) is 23.2 Å². The number of benzene rings is 1. The van der Waals surface area contributed by atoms with Gasteiger partial charge in [0.05, 0.1) is 0 Å². The molecule has 1 heterocycles. The monoisotopic (exact) mass is 286 g/mol. The minimum Gasteiger partial charge on any atom is -0.335 e. The average molecular weight is 286 g/mol. The van der Waals surface area contributed by atoms with Gasteiger partial charge in [0, 0.05) is 17.3 Å². The van der Waals surface area contributed by atoms with E-state index in [9.17, 15) is 9.59 Å². The van der Waals surface area contributed by atoms with Gasteiger partial charge in [-0.3, -0.25) is 10.1 Å². The molecule has 3 amide bonds. The summed E-state index contributed by atoms with van der Waals surface area (Å²) in [6.07, 6.45) is 3.38. The molecule has 1 aliphatic rings. The standard InChI is InChI=1S/C13H14N6O2/c20-11(18-12-14-7-15-19-12)8-1-3-9(4-2-8)16-13(21)17-10-5-6-10/h1-4,7,10H,5-6H2,(H2,16,17,21)(H2,14,15,18,19,20). The van der Waals surface area contributed by atoms with Gasteiger partial charge in [-0.15, -0.1) is 0 Å². The summed E-state index contributed by atoms with van der Waals surface area (Å²) in [4.78, 5) is 27.3. The highest BCUT2D eigenvalue weighted by Gasteiger charge is 2.23. The van der Waals surface area contributed by atoms with E-state index in [2.05, 4.69) is 31.1 Å². The molecule has 0 saturated heterocycles. The number of rotatable bonds is 4. The molecular weight excluding hydrogens is 272 g/mol. The number of aromatic amines is 1. The van der Waals surface area contributed by atoms with Gasteiger partial charge in [0.15, 0.2) is 0 Å². The van der Waals surface area contributed by atoms with E-state index in [1.165, 1.54) is 6.33 Å². The van der Waals surface area contributed by atoms with Crippen LogP contribution in [0.3, 0.4) is 0 Å². The lowest BCUT2D eigenvalue weighted by Gasteiger charge is -2.07. The highest BCUT2D eigenvalue weighted by Crippen LogP contribution is 2.19. The van der Waals surface area contributed by atoms with Gasteiger partial charge in [-0.25, -0.2) is 9.89 Å². The second kappa shape index (κ2) is 5.61. The van der Waals surface area contributed by atoms with E-state index in [1.807, 2.05) is 0 Å². The minimum atomic E-state index is -0.305. The van der Waals surface area contributed by atoms with Gasteiger partial charge in [0.1, 0.15) is 6.33 Å². The Balaban J connectivity index is 1.57. The van der Waals surface area contributed by atoms with E-state index in [0.29, 0.717) is 17.3 Å². The molecule has 8 heteroatoms. The van der Waals surface area contributed by atoms with Crippen molar-refractivity contribution < 1.29 is 9.59 Å². The van der Waals surface area contributed by atoms with E-state index >= 15 is 0 Å². The lowest BCUT2D eigenvalue weighted by molar-refractivity contribution is 0.102. The van der Waals surface area contributed by atoms with E-state index in [4.69, 9.17) is 0 Å². The number of urea groups is 1. The van der Waals surface area contributed by atoms with Crippen molar-refractivity contribution in [2.75, 3.05) is 10.6 Å². The van der Waals surface area contributed by atoms with Crippen LogP contribution in [0, 0.1) is 0 Å². The van der Waals surface area contributed by atoms with Gasteiger partial charge in [-0.2, -0.15) is 10.1 Å². The van der Waals surface area contributed by atoms with E-state index in [0.717, 1.165) is 12.8 Å². The Labute approximate surface area is 120 Å². The number of aromatic nitrogens is 3. The number of hydrogen-bond acceptors (Lipinski definition) is 4. The Morgan fingerprint density at radius 2 is 1.90 bits per heavy atom. The first kappa shape index (κ1) is 13.1. The third-order valence-corrected chi connectivity index (χ3v) is 2.96. The van der Waals surface area contributed by atoms with Crippen LogP contribution in [-0.2, 0) is 0 Å². The largest absolute Gasteiger partial charge is 0.335 e. The molecular formula is C13H14N6O2. The third-order valence-electron chi connectivity index (χ3n) is 2.96. The summed E-state index contributed by atoms with van der Waals surface area (Å²) in [6, 6.07) is 6.66. The van der Waals surface area contributed by atoms with Crippen LogP contribution < -0.4 is 16.0 Å². The van der Waals surface area contributed by atoms with Gasteiger partial charge >= 0.3 is 6.03 Å². The van der Waals surface area contributed by atoms with Crippen molar-refractivity contribution in [3.8, 4) is 0 Å². The van der Waals surface area contributed by atoms with Gasteiger partial charge in [0.2, 0.25) is 5.95 Å². The lowest BCUT2D eigenvalue weighted by Crippen LogP contribution is -2.30. The van der Waals surface area contributed by atoms with Gasteiger partial charge < -0.3 is 10.6 Å². The molecule has 0 spiro atoms. The summed E-state index contributed by atoms with van der Waals surface area (Å²) in [5.74, 6) is -0.0215. The number of carbonyl (C=O) groups is 2. The Hall–Kier alpha value is -2.90. The number of hydrogen-bond donors (Lipinski definition) is 4. The molecule has 0 aliphatic heterocycles. The maximum absolute atomic E-state index is 11.9. The fourth-order valence-electron chi connectivity index (χ4n) is 1.73. The van der Waals surface area contributed by atoms with Crippen molar-refractivity contribution in [3.63, 3.8) is 0 Å². The van der Waals surface area contributed by atoms with Crippen molar-refractivity contribution in [2.24, 2.45) is 0 Å². The Morgan fingerprint density at radius 3 is 2.52 bits per heavy atom. The van der Waals surface area contributed by atoms with Gasteiger partial charge in [-0.1, -0.05) is 0 Å². The van der Waals surface area contributed by atoms with Gasteiger partial charge in [0.25, 0.3) is 5.91 Å². The molecule has 108 valence electrons. The zero-order chi connectivity index (χ0) is 14.7. The van der Waals surface area contributed by atoms with Crippen molar-refractivity contribution >= 4 is 23.6 Å². The third kappa shape index (κ3) is 3.56.